The monoisotopic (exact) mass is 256 g/mol. The van der Waals surface area contributed by atoms with Gasteiger partial charge in [0.15, 0.2) is 0 Å². The fourth-order valence-electron chi connectivity index (χ4n) is 1.73. The summed E-state index contributed by atoms with van der Waals surface area (Å²) >= 11 is 6.24. The summed E-state index contributed by atoms with van der Waals surface area (Å²) in [6, 6.07) is 4.01. The van der Waals surface area contributed by atoms with Crippen molar-refractivity contribution >= 4 is 11.6 Å². The van der Waals surface area contributed by atoms with Crippen LogP contribution in [0.15, 0.2) is 12.1 Å². The molecule has 0 aliphatic heterocycles. The fourth-order valence-corrected chi connectivity index (χ4v) is 2.03. The molecule has 0 aliphatic carbocycles. The molecule has 1 unspecified atom stereocenters. The second-order valence-corrected chi connectivity index (χ2v) is 5.82. The topological polar surface area (TPSA) is 29.5 Å². The maximum atomic E-state index is 9.29. The molecule has 1 aromatic rings. The van der Waals surface area contributed by atoms with E-state index in [1.807, 2.05) is 13.0 Å². The second kappa shape index (κ2) is 5.28. The molecule has 0 saturated heterocycles. The molecule has 1 atom stereocenters. The third-order valence-electron chi connectivity index (χ3n) is 2.95. The first-order valence-electron chi connectivity index (χ1n) is 5.80. The number of rotatable bonds is 3. The van der Waals surface area contributed by atoms with Crippen molar-refractivity contribution in [1.29, 1.82) is 0 Å². The van der Waals surface area contributed by atoms with Crippen LogP contribution in [0.3, 0.4) is 0 Å². The number of ether oxygens (including phenoxy) is 1. The predicted octanol–water partition coefficient (Wildman–Crippen LogP) is 3.74. The highest BCUT2D eigenvalue weighted by Gasteiger charge is 2.21. The summed E-state index contributed by atoms with van der Waals surface area (Å²) in [4.78, 5) is 0. The summed E-state index contributed by atoms with van der Waals surface area (Å²) in [7, 11) is 1.60. The zero-order valence-electron chi connectivity index (χ0n) is 11.2. The maximum Gasteiger partial charge on any atom is 0.141 e. The molecule has 0 radical (unpaired) electrons. The molecule has 17 heavy (non-hydrogen) atoms. The highest BCUT2D eigenvalue weighted by atomic mass is 35.5. The summed E-state index contributed by atoms with van der Waals surface area (Å²) in [6.07, 6.45) is 0. The molecule has 3 heteroatoms. The first kappa shape index (κ1) is 14.3. The summed E-state index contributed by atoms with van der Waals surface area (Å²) in [5, 5.41) is 9.90. The van der Waals surface area contributed by atoms with Crippen molar-refractivity contribution in [3.63, 3.8) is 0 Å². The number of benzene rings is 1. The van der Waals surface area contributed by atoms with Gasteiger partial charge in [0, 0.05) is 18.1 Å². The van der Waals surface area contributed by atoms with E-state index in [1.54, 1.807) is 7.11 Å². The highest BCUT2D eigenvalue weighted by molar-refractivity contribution is 6.32. The maximum absolute atomic E-state index is 9.29. The Balaban J connectivity index is 3.39. The molecule has 96 valence electrons. The average molecular weight is 257 g/mol. The SMILES string of the molecule is COc1c(Cl)cc(C(C)(C)C)cc1C(C)CO. The van der Waals surface area contributed by atoms with E-state index < -0.39 is 0 Å². The van der Waals surface area contributed by atoms with Crippen molar-refractivity contribution in [3.8, 4) is 5.75 Å². The van der Waals surface area contributed by atoms with E-state index in [9.17, 15) is 5.11 Å². The average Bonchev–Trinajstić information content (AvgIpc) is 2.25. The molecular formula is C14H21ClO2. The predicted molar refractivity (Wildman–Crippen MR) is 72.2 cm³/mol. The van der Waals surface area contributed by atoms with Crippen LogP contribution in [0.1, 0.15) is 44.7 Å². The number of aliphatic hydroxyl groups excluding tert-OH is 1. The molecule has 0 fully saturated rings. The normalized spacial score (nSPS) is 13.6. The number of aliphatic hydroxyl groups is 1. The van der Waals surface area contributed by atoms with Gasteiger partial charge in [-0.3, -0.25) is 0 Å². The van der Waals surface area contributed by atoms with Gasteiger partial charge in [-0.2, -0.15) is 0 Å². The molecule has 2 nitrogen and oxygen atoms in total. The van der Waals surface area contributed by atoms with Crippen molar-refractivity contribution in [2.75, 3.05) is 13.7 Å². The van der Waals surface area contributed by atoms with E-state index in [1.165, 1.54) is 0 Å². The Hall–Kier alpha value is -0.730. The first-order valence-corrected chi connectivity index (χ1v) is 6.17. The van der Waals surface area contributed by atoms with E-state index in [2.05, 4.69) is 26.8 Å². The van der Waals surface area contributed by atoms with Crippen LogP contribution in [0.5, 0.6) is 5.75 Å². The lowest BCUT2D eigenvalue weighted by Crippen LogP contribution is -2.13. The Morgan fingerprint density at radius 3 is 2.35 bits per heavy atom. The van der Waals surface area contributed by atoms with Gasteiger partial charge in [-0.25, -0.2) is 0 Å². The van der Waals surface area contributed by atoms with Gasteiger partial charge in [-0.05, 0) is 17.0 Å². The van der Waals surface area contributed by atoms with Crippen LogP contribution in [0.2, 0.25) is 5.02 Å². The Kier molecular flexibility index (Phi) is 4.45. The van der Waals surface area contributed by atoms with Crippen LogP contribution < -0.4 is 4.74 Å². The molecule has 0 aliphatic rings. The minimum absolute atomic E-state index is 0.0183. The zero-order valence-corrected chi connectivity index (χ0v) is 11.9. The van der Waals surface area contributed by atoms with Crippen molar-refractivity contribution in [3.05, 3.63) is 28.3 Å². The Bertz CT molecular complexity index is 394. The fraction of sp³-hybridized carbons (Fsp3) is 0.571. The van der Waals surface area contributed by atoms with Crippen LogP contribution in [0.4, 0.5) is 0 Å². The van der Waals surface area contributed by atoms with Gasteiger partial charge in [0.25, 0.3) is 0 Å². The Labute approximate surface area is 109 Å². The van der Waals surface area contributed by atoms with Gasteiger partial charge in [0.05, 0.1) is 12.1 Å². The number of halogens is 1. The summed E-state index contributed by atoms with van der Waals surface area (Å²) in [6.45, 7) is 8.45. The largest absolute Gasteiger partial charge is 0.495 e. The van der Waals surface area contributed by atoms with Crippen LogP contribution in [-0.2, 0) is 5.41 Å². The summed E-state index contributed by atoms with van der Waals surface area (Å²) in [5.74, 6) is 0.686. The molecule has 0 amide bonds. The van der Waals surface area contributed by atoms with E-state index in [-0.39, 0.29) is 17.9 Å². The lowest BCUT2D eigenvalue weighted by molar-refractivity contribution is 0.269. The smallest absolute Gasteiger partial charge is 0.141 e. The Morgan fingerprint density at radius 1 is 1.35 bits per heavy atom. The zero-order chi connectivity index (χ0) is 13.2. The van der Waals surface area contributed by atoms with Crippen LogP contribution >= 0.6 is 11.6 Å². The van der Waals surface area contributed by atoms with Gasteiger partial charge in [-0.15, -0.1) is 0 Å². The van der Waals surface area contributed by atoms with E-state index in [4.69, 9.17) is 16.3 Å². The van der Waals surface area contributed by atoms with E-state index in [0.29, 0.717) is 10.8 Å². The van der Waals surface area contributed by atoms with Crippen molar-refractivity contribution in [1.82, 2.24) is 0 Å². The van der Waals surface area contributed by atoms with Gasteiger partial charge in [-0.1, -0.05) is 45.4 Å². The van der Waals surface area contributed by atoms with Gasteiger partial charge >= 0.3 is 0 Å². The van der Waals surface area contributed by atoms with Gasteiger partial charge < -0.3 is 9.84 Å². The number of hydrogen-bond acceptors (Lipinski definition) is 2. The van der Waals surface area contributed by atoms with E-state index in [0.717, 1.165) is 11.1 Å². The summed E-state index contributed by atoms with van der Waals surface area (Å²) < 4.78 is 5.32. The molecule has 1 N–H and O–H groups in total. The van der Waals surface area contributed by atoms with E-state index >= 15 is 0 Å². The number of hydrogen-bond donors (Lipinski definition) is 1. The molecule has 0 saturated carbocycles. The van der Waals surface area contributed by atoms with Crippen LogP contribution in [0.25, 0.3) is 0 Å². The molecule has 1 aromatic carbocycles. The molecule has 1 rings (SSSR count). The third kappa shape index (κ3) is 3.14. The number of methoxy groups -OCH3 is 1. The lowest BCUT2D eigenvalue weighted by Gasteiger charge is -2.23. The van der Waals surface area contributed by atoms with Crippen molar-refractivity contribution < 1.29 is 9.84 Å². The minimum Gasteiger partial charge on any atom is -0.495 e. The van der Waals surface area contributed by atoms with Gasteiger partial charge in [0.1, 0.15) is 5.75 Å². The standard InChI is InChI=1S/C14H21ClO2/c1-9(8-16)11-6-10(14(2,3)4)7-12(15)13(11)17-5/h6-7,9,16H,8H2,1-5H3. The van der Waals surface area contributed by atoms with Crippen molar-refractivity contribution in [2.45, 2.75) is 39.0 Å². The van der Waals surface area contributed by atoms with Crippen molar-refractivity contribution in [2.24, 2.45) is 0 Å². The summed E-state index contributed by atoms with van der Waals surface area (Å²) in [5.41, 5.74) is 2.14. The second-order valence-electron chi connectivity index (χ2n) is 5.41. The highest BCUT2D eigenvalue weighted by Crippen LogP contribution is 2.38. The van der Waals surface area contributed by atoms with Gasteiger partial charge in [0.2, 0.25) is 0 Å². The molecule has 0 spiro atoms. The third-order valence-corrected chi connectivity index (χ3v) is 3.23. The van der Waals surface area contributed by atoms with Crippen LogP contribution in [-0.4, -0.2) is 18.8 Å². The molecule has 0 heterocycles. The molecule has 0 bridgehead atoms. The first-order chi connectivity index (χ1) is 7.81. The quantitative estimate of drug-likeness (QED) is 0.893. The minimum atomic E-state index is 0.0183. The molecule has 0 aromatic heterocycles. The van der Waals surface area contributed by atoms with Crippen LogP contribution in [0, 0.1) is 0 Å². The lowest BCUT2D eigenvalue weighted by atomic mass is 9.84. The molecular weight excluding hydrogens is 236 g/mol. The Morgan fingerprint density at radius 2 is 1.94 bits per heavy atom.